The lowest BCUT2D eigenvalue weighted by atomic mass is 10.0. The summed E-state index contributed by atoms with van der Waals surface area (Å²) in [5.74, 6) is 0.0432. The molecule has 0 fully saturated rings. The average Bonchev–Trinajstić information content (AvgIpc) is 2.90. The highest BCUT2D eigenvalue weighted by atomic mass is 35.5. The second-order valence-corrected chi connectivity index (χ2v) is 10.6. The maximum absolute atomic E-state index is 12.6. The predicted molar refractivity (Wildman–Crippen MR) is 129 cm³/mol. The first-order chi connectivity index (χ1) is 15.7. The Morgan fingerprint density at radius 2 is 1.67 bits per heavy atom. The van der Waals surface area contributed by atoms with Gasteiger partial charge < -0.3 is 9.64 Å². The van der Waals surface area contributed by atoms with Gasteiger partial charge in [0, 0.05) is 30.3 Å². The molecule has 0 saturated heterocycles. The average molecular weight is 487 g/mol. The van der Waals surface area contributed by atoms with E-state index in [4.69, 9.17) is 16.3 Å². The summed E-state index contributed by atoms with van der Waals surface area (Å²) < 4.78 is 5.54. The summed E-state index contributed by atoms with van der Waals surface area (Å²) in [6.07, 6.45) is 1.09. The molecule has 0 bridgehead atoms. The van der Waals surface area contributed by atoms with Crippen LogP contribution in [0.4, 0.5) is 4.79 Å². The third kappa shape index (κ3) is 5.04. The van der Waals surface area contributed by atoms with Gasteiger partial charge >= 0.3 is 6.09 Å². The summed E-state index contributed by atoms with van der Waals surface area (Å²) in [5.41, 5.74) is 2.67. The zero-order valence-corrected chi connectivity index (χ0v) is 20.6. The molecular weight excluding hydrogens is 460 g/mol. The summed E-state index contributed by atoms with van der Waals surface area (Å²) in [7, 11) is 0. The highest BCUT2D eigenvalue weighted by molar-refractivity contribution is 7.99. The summed E-state index contributed by atoms with van der Waals surface area (Å²) in [5, 5.41) is 0.645. The number of carbonyl (C=O) groups excluding carboxylic acids is 3. The van der Waals surface area contributed by atoms with Crippen LogP contribution in [-0.4, -0.2) is 58.7 Å². The van der Waals surface area contributed by atoms with Crippen molar-refractivity contribution >= 4 is 41.3 Å². The van der Waals surface area contributed by atoms with Gasteiger partial charge in [-0.25, -0.2) is 4.79 Å². The lowest BCUT2D eigenvalue weighted by Gasteiger charge is -2.26. The molecule has 4 rings (SSSR count). The minimum absolute atomic E-state index is 0.248. The molecule has 0 aliphatic carbocycles. The minimum Gasteiger partial charge on any atom is -0.444 e. The van der Waals surface area contributed by atoms with Crippen LogP contribution in [0.2, 0.25) is 5.02 Å². The van der Waals surface area contributed by atoms with Gasteiger partial charge in [-0.05, 0) is 62.9 Å². The summed E-state index contributed by atoms with van der Waals surface area (Å²) in [4.78, 5) is 41.8. The van der Waals surface area contributed by atoms with E-state index in [2.05, 4.69) is 0 Å². The molecule has 3 amide bonds. The number of fused-ring (bicyclic) bond motifs is 2. The molecule has 0 unspecified atom stereocenters. The third-order valence-electron chi connectivity index (χ3n) is 5.68. The quantitative estimate of drug-likeness (QED) is 0.446. The normalized spacial score (nSPS) is 15.9. The van der Waals surface area contributed by atoms with Gasteiger partial charge in [0.15, 0.2) is 0 Å². The van der Waals surface area contributed by atoms with E-state index in [0.717, 1.165) is 22.4 Å². The van der Waals surface area contributed by atoms with Gasteiger partial charge in [0.2, 0.25) is 0 Å². The van der Waals surface area contributed by atoms with Crippen LogP contribution < -0.4 is 0 Å². The van der Waals surface area contributed by atoms with Crippen molar-refractivity contribution in [2.75, 3.05) is 25.4 Å². The molecule has 8 heteroatoms. The SMILES string of the molecule is CC(C)(C)OC(=O)N1CCc2ccc(Cl)c(SCCN3C(=O)c4ccccc4C3=O)c2CC1. The van der Waals surface area contributed by atoms with Crippen molar-refractivity contribution in [3.05, 3.63) is 63.7 Å². The number of halogens is 1. The number of hydrogen-bond donors (Lipinski definition) is 0. The Kier molecular flexibility index (Phi) is 6.73. The Balaban J connectivity index is 1.43. The Labute approximate surface area is 203 Å². The molecule has 2 heterocycles. The van der Waals surface area contributed by atoms with Gasteiger partial charge in [-0.15, -0.1) is 11.8 Å². The van der Waals surface area contributed by atoms with E-state index in [0.29, 0.717) is 48.0 Å². The van der Waals surface area contributed by atoms with Gasteiger partial charge in [-0.1, -0.05) is 29.8 Å². The molecule has 0 N–H and O–H groups in total. The lowest BCUT2D eigenvalue weighted by Crippen LogP contribution is -2.38. The first kappa shape index (κ1) is 23.6. The summed E-state index contributed by atoms with van der Waals surface area (Å²) in [6, 6.07) is 10.8. The number of benzene rings is 2. The fourth-order valence-corrected chi connectivity index (χ4v) is 5.54. The van der Waals surface area contributed by atoms with E-state index in [1.807, 2.05) is 32.9 Å². The van der Waals surface area contributed by atoms with E-state index in [9.17, 15) is 14.4 Å². The Hall–Kier alpha value is -2.51. The molecule has 0 spiro atoms. The van der Waals surface area contributed by atoms with Gasteiger partial charge in [0.25, 0.3) is 11.8 Å². The van der Waals surface area contributed by atoms with E-state index in [-0.39, 0.29) is 17.9 Å². The monoisotopic (exact) mass is 486 g/mol. The van der Waals surface area contributed by atoms with Crippen LogP contribution in [0.1, 0.15) is 52.6 Å². The minimum atomic E-state index is -0.537. The largest absolute Gasteiger partial charge is 0.444 e. The summed E-state index contributed by atoms with van der Waals surface area (Å²) in [6.45, 7) is 7.03. The number of hydrogen-bond acceptors (Lipinski definition) is 5. The molecule has 33 heavy (non-hydrogen) atoms. The van der Waals surface area contributed by atoms with Crippen molar-refractivity contribution in [2.45, 2.75) is 44.1 Å². The lowest BCUT2D eigenvalue weighted by molar-refractivity contribution is 0.0258. The zero-order chi connectivity index (χ0) is 23.8. The van der Waals surface area contributed by atoms with E-state index < -0.39 is 5.60 Å². The number of nitrogens with zero attached hydrogens (tertiary/aromatic N) is 2. The van der Waals surface area contributed by atoms with Crippen LogP contribution in [0.3, 0.4) is 0 Å². The van der Waals surface area contributed by atoms with Gasteiger partial charge in [-0.3, -0.25) is 14.5 Å². The Morgan fingerprint density at radius 1 is 1.03 bits per heavy atom. The first-order valence-electron chi connectivity index (χ1n) is 11.0. The second kappa shape index (κ2) is 9.39. The summed E-state index contributed by atoms with van der Waals surface area (Å²) >= 11 is 8.10. The number of carbonyl (C=O) groups is 3. The maximum Gasteiger partial charge on any atom is 0.410 e. The molecular formula is C25H27ClN2O4S. The topological polar surface area (TPSA) is 66.9 Å². The van der Waals surface area contributed by atoms with Crippen molar-refractivity contribution < 1.29 is 19.1 Å². The van der Waals surface area contributed by atoms with Crippen LogP contribution in [0.5, 0.6) is 0 Å². The van der Waals surface area contributed by atoms with Crippen molar-refractivity contribution in [1.82, 2.24) is 9.80 Å². The van der Waals surface area contributed by atoms with Crippen LogP contribution in [0.15, 0.2) is 41.3 Å². The molecule has 6 nitrogen and oxygen atoms in total. The predicted octanol–water partition coefficient (Wildman–Crippen LogP) is 5.06. The molecule has 2 aliphatic rings. The molecule has 0 aromatic heterocycles. The molecule has 0 radical (unpaired) electrons. The zero-order valence-electron chi connectivity index (χ0n) is 19.0. The van der Waals surface area contributed by atoms with Gasteiger partial charge in [0.1, 0.15) is 5.60 Å². The maximum atomic E-state index is 12.6. The highest BCUT2D eigenvalue weighted by Gasteiger charge is 2.34. The standard InChI is InChI=1S/C25H27ClN2O4S/c1-25(2,3)32-24(31)27-12-10-16-8-9-20(26)21(17(16)11-13-27)33-15-14-28-22(29)18-6-4-5-7-19(18)23(28)30/h4-9H,10-15H2,1-3H3. The smallest absolute Gasteiger partial charge is 0.410 e. The van der Waals surface area contributed by atoms with Crippen LogP contribution in [0.25, 0.3) is 0 Å². The van der Waals surface area contributed by atoms with Crippen LogP contribution >= 0.6 is 23.4 Å². The molecule has 2 aromatic rings. The van der Waals surface area contributed by atoms with E-state index in [1.165, 1.54) is 4.90 Å². The van der Waals surface area contributed by atoms with Crippen molar-refractivity contribution in [3.63, 3.8) is 0 Å². The number of rotatable bonds is 4. The van der Waals surface area contributed by atoms with Crippen molar-refractivity contribution in [1.29, 1.82) is 0 Å². The molecule has 2 aliphatic heterocycles. The second-order valence-electron chi connectivity index (χ2n) is 9.14. The van der Waals surface area contributed by atoms with Gasteiger partial charge in [0.05, 0.1) is 16.1 Å². The van der Waals surface area contributed by atoms with Crippen molar-refractivity contribution in [3.8, 4) is 0 Å². The Morgan fingerprint density at radius 3 is 2.30 bits per heavy atom. The van der Waals surface area contributed by atoms with E-state index in [1.54, 1.807) is 40.9 Å². The first-order valence-corrected chi connectivity index (χ1v) is 12.4. The molecule has 0 atom stereocenters. The van der Waals surface area contributed by atoms with Crippen LogP contribution in [0, 0.1) is 0 Å². The molecule has 174 valence electrons. The molecule has 2 aromatic carbocycles. The van der Waals surface area contributed by atoms with Crippen molar-refractivity contribution in [2.24, 2.45) is 0 Å². The molecule has 0 saturated carbocycles. The number of thioether (sulfide) groups is 1. The van der Waals surface area contributed by atoms with E-state index >= 15 is 0 Å². The highest BCUT2D eigenvalue weighted by Crippen LogP contribution is 2.35. The number of imide groups is 1. The third-order valence-corrected chi connectivity index (χ3v) is 7.25. The van der Waals surface area contributed by atoms with Crippen LogP contribution in [-0.2, 0) is 17.6 Å². The fraction of sp³-hybridized carbons (Fsp3) is 0.400. The fourth-order valence-electron chi connectivity index (χ4n) is 4.11. The Bertz CT molecular complexity index is 1080. The number of amides is 3. The van der Waals surface area contributed by atoms with Gasteiger partial charge in [-0.2, -0.15) is 0 Å². The number of ether oxygens (including phenoxy) is 1.